The highest BCUT2D eigenvalue weighted by atomic mass is 32.1. The Bertz CT molecular complexity index is 531. The molecule has 1 aliphatic heterocycles. The zero-order valence-electron chi connectivity index (χ0n) is 12.4. The third-order valence-electron chi connectivity index (χ3n) is 3.23. The van der Waals surface area contributed by atoms with E-state index < -0.39 is 17.4 Å². The number of alkyl halides is 1. The van der Waals surface area contributed by atoms with E-state index in [9.17, 15) is 14.0 Å². The van der Waals surface area contributed by atoms with Crippen molar-refractivity contribution in [2.24, 2.45) is 0 Å². The molecule has 0 aliphatic carbocycles. The SMILES string of the molecule is CC(C)(C)OC(=O)N1CCC(F)(c2nc(C=O)cs2)CC1. The van der Waals surface area contributed by atoms with Crippen LogP contribution in [0.1, 0.15) is 49.1 Å². The standard InChI is InChI=1S/C14H19FN2O3S/c1-13(2,3)20-12(19)17-6-4-14(15,5-7-17)11-16-10(8-18)9-21-11/h8-9H,4-7H2,1-3H3. The van der Waals surface area contributed by atoms with Crippen LogP contribution >= 0.6 is 11.3 Å². The number of rotatable bonds is 2. The number of carbonyl (C=O) groups is 2. The molecule has 0 radical (unpaired) electrons. The highest BCUT2D eigenvalue weighted by Gasteiger charge is 2.40. The minimum absolute atomic E-state index is 0.165. The molecule has 0 N–H and O–H groups in total. The summed E-state index contributed by atoms with van der Waals surface area (Å²) in [4.78, 5) is 28.1. The van der Waals surface area contributed by atoms with Gasteiger partial charge in [-0.1, -0.05) is 0 Å². The zero-order valence-corrected chi connectivity index (χ0v) is 13.2. The second-order valence-electron chi connectivity index (χ2n) is 6.13. The smallest absolute Gasteiger partial charge is 0.410 e. The maximum Gasteiger partial charge on any atom is 0.410 e. The zero-order chi connectivity index (χ0) is 15.7. The lowest BCUT2D eigenvalue weighted by Crippen LogP contribution is -2.45. The van der Waals surface area contributed by atoms with Crippen LogP contribution in [0.2, 0.25) is 0 Å². The van der Waals surface area contributed by atoms with Gasteiger partial charge in [-0.3, -0.25) is 4.79 Å². The van der Waals surface area contributed by atoms with E-state index in [1.807, 2.05) is 0 Å². The Morgan fingerprint density at radius 2 is 2.10 bits per heavy atom. The second kappa shape index (κ2) is 5.71. The summed E-state index contributed by atoms with van der Waals surface area (Å²) < 4.78 is 20.2. The number of halogens is 1. The minimum Gasteiger partial charge on any atom is -0.444 e. The number of nitrogens with zero attached hydrogens (tertiary/aromatic N) is 2. The van der Waals surface area contributed by atoms with E-state index >= 15 is 0 Å². The molecule has 21 heavy (non-hydrogen) atoms. The molecule has 2 heterocycles. The lowest BCUT2D eigenvalue weighted by molar-refractivity contribution is 0.00216. The van der Waals surface area contributed by atoms with Gasteiger partial charge < -0.3 is 9.64 Å². The third kappa shape index (κ3) is 3.78. The van der Waals surface area contributed by atoms with Gasteiger partial charge >= 0.3 is 6.09 Å². The van der Waals surface area contributed by atoms with Gasteiger partial charge in [0.2, 0.25) is 0 Å². The molecule has 1 fully saturated rings. The first kappa shape index (κ1) is 15.9. The molecule has 0 bridgehead atoms. The fourth-order valence-corrected chi connectivity index (χ4v) is 3.04. The molecule has 7 heteroatoms. The molecule has 1 saturated heterocycles. The molecule has 0 spiro atoms. The normalized spacial score (nSPS) is 18.4. The summed E-state index contributed by atoms with van der Waals surface area (Å²) in [5, 5.41) is 1.86. The number of thiazole rings is 1. The Kier molecular flexibility index (Phi) is 4.32. The summed E-state index contributed by atoms with van der Waals surface area (Å²) >= 11 is 1.15. The van der Waals surface area contributed by atoms with E-state index in [1.54, 1.807) is 26.2 Å². The Hall–Kier alpha value is -1.50. The Morgan fingerprint density at radius 1 is 1.48 bits per heavy atom. The van der Waals surface area contributed by atoms with E-state index in [1.165, 1.54) is 4.90 Å². The van der Waals surface area contributed by atoms with E-state index in [0.717, 1.165) is 11.3 Å². The summed E-state index contributed by atoms with van der Waals surface area (Å²) in [6, 6.07) is 0. The number of hydrogen-bond acceptors (Lipinski definition) is 5. The average molecular weight is 314 g/mol. The van der Waals surface area contributed by atoms with Gasteiger partial charge in [0.05, 0.1) is 0 Å². The predicted octanol–water partition coefficient (Wildman–Crippen LogP) is 3.15. The topological polar surface area (TPSA) is 59.5 Å². The summed E-state index contributed by atoms with van der Waals surface area (Å²) in [7, 11) is 0. The van der Waals surface area contributed by atoms with Crippen molar-refractivity contribution >= 4 is 23.7 Å². The summed E-state index contributed by atoms with van der Waals surface area (Å²) in [6.45, 7) is 5.95. The molecule has 1 amide bonds. The first-order valence-electron chi connectivity index (χ1n) is 6.81. The van der Waals surface area contributed by atoms with Crippen molar-refractivity contribution in [2.45, 2.75) is 44.9 Å². The number of amides is 1. The number of piperidine rings is 1. The lowest BCUT2D eigenvalue weighted by Gasteiger charge is -2.36. The average Bonchev–Trinajstić information content (AvgIpc) is 2.87. The van der Waals surface area contributed by atoms with Crippen LogP contribution in [-0.4, -0.2) is 41.0 Å². The molecule has 116 valence electrons. The fourth-order valence-electron chi connectivity index (χ4n) is 2.13. The summed E-state index contributed by atoms with van der Waals surface area (Å²) in [5.41, 5.74) is -1.87. The van der Waals surface area contributed by atoms with Gasteiger partial charge in [-0.15, -0.1) is 11.3 Å². The molecule has 1 aromatic heterocycles. The molecule has 0 unspecified atom stereocenters. The van der Waals surface area contributed by atoms with Crippen molar-refractivity contribution in [3.8, 4) is 0 Å². The first-order chi connectivity index (χ1) is 9.73. The number of aromatic nitrogens is 1. The van der Waals surface area contributed by atoms with Crippen molar-refractivity contribution < 1.29 is 18.7 Å². The van der Waals surface area contributed by atoms with Crippen LogP contribution < -0.4 is 0 Å². The van der Waals surface area contributed by atoms with Crippen LogP contribution in [0.5, 0.6) is 0 Å². The van der Waals surface area contributed by atoms with Crippen molar-refractivity contribution in [1.82, 2.24) is 9.88 Å². The molecular weight excluding hydrogens is 295 g/mol. The molecule has 1 aromatic rings. The van der Waals surface area contributed by atoms with Gasteiger partial charge in [0.25, 0.3) is 0 Å². The molecule has 0 atom stereocenters. The Labute approximate surface area is 127 Å². The first-order valence-corrected chi connectivity index (χ1v) is 7.69. The van der Waals surface area contributed by atoms with Gasteiger partial charge in [-0.25, -0.2) is 14.2 Å². The van der Waals surface area contributed by atoms with E-state index in [0.29, 0.717) is 11.3 Å². The van der Waals surface area contributed by atoms with E-state index in [2.05, 4.69) is 4.98 Å². The predicted molar refractivity (Wildman–Crippen MR) is 77.3 cm³/mol. The highest BCUT2D eigenvalue weighted by Crippen LogP contribution is 2.38. The number of carbonyl (C=O) groups excluding carboxylic acids is 2. The van der Waals surface area contributed by atoms with Gasteiger partial charge in [-0.05, 0) is 20.8 Å². The van der Waals surface area contributed by atoms with Gasteiger partial charge in [0.15, 0.2) is 12.0 Å². The number of ether oxygens (including phenoxy) is 1. The van der Waals surface area contributed by atoms with Crippen LogP contribution in [0.15, 0.2) is 5.38 Å². The maximum absolute atomic E-state index is 14.9. The quantitative estimate of drug-likeness (QED) is 0.787. The second-order valence-corrected chi connectivity index (χ2v) is 6.99. The molecule has 0 aromatic carbocycles. The van der Waals surface area contributed by atoms with Crippen LogP contribution in [-0.2, 0) is 10.4 Å². The fraction of sp³-hybridized carbons (Fsp3) is 0.643. The van der Waals surface area contributed by atoms with Crippen LogP contribution in [0.4, 0.5) is 9.18 Å². The number of aldehydes is 1. The lowest BCUT2D eigenvalue weighted by atomic mass is 9.94. The van der Waals surface area contributed by atoms with E-state index in [-0.39, 0.29) is 31.6 Å². The molecule has 0 saturated carbocycles. The van der Waals surface area contributed by atoms with Gasteiger partial charge in [0, 0.05) is 31.3 Å². The molecular formula is C14H19FN2O3S. The number of likely N-dealkylation sites (tertiary alicyclic amines) is 1. The monoisotopic (exact) mass is 314 g/mol. The van der Waals surface area contributed by atoms with Crippen LogP contribution in [0, 0.1) is 0 Å². The molecule has 5 nitrogen and oxygen atoms in total. The Balaban J connectivity index is 1.99. The van der Waals surface area contributed by atoms with Gasteiger partial charge in [-0.2, -0.15) is 0 Å². The largest absolute Gasteiger partial charge is 0.444 e. The van der Waals surface area contributed by atoms with Crippen molar-refractivity contribution in [2.75, 3.05) is 13.1 Å². The molecule has 2 rings (SSSR count). The minimum atomic E-state index is -1.57. The maximum atomic E-state index is 14.9. The van der Waals surface area contributed by atoms with Crippen LogP contribution in [0.25, 0.3) is 0 Å². The third-order valence-corrected chi connectivity index (χ3v) is 4.27. The van der Waals surface area contributed by atoms with Gasteiger partial charge in [0.1, 0.15) is 16.3 Å². The van der Waals surface area contributed by atoms with E-state index in [4.69, 9.17) is 4.74 Å². The molecule has 1 aliphatic rings. The summed E-state index contributed by atoms with van der Waals surface area (Å²) in [5.74, 6) is 0. The summed E-state index contributed by atoms with van der Waals surface area (Å²) in [6.07, 6.45) is 0.521. The van der Waals surface area contributed by atoms with Crippen LogP contribution in [0.3, 0.4) is 0 Å². The number of hydrogen-bond donors (Lipinski definition) is 0. The van der Waals surface area contributed by atoms with Crippen molar-refractivity contribution in [3.05, 3.63) is 16.1 Å². The Morgan fingerprint density at radius 3 is 2.57 bits per heavy atom. The highest BCUT2D eigenvalue weighted by molar-refractivity contribution is 7.10. The van der Waals surface area contributed by atoms with Crippen molar-refractivity contribution in [1.29, 1.82) is 0 Å². The van der Waals surface area contributed by atoms with Crippen molar-refractivity contribution in [3.63, 3.8) is 0 Å².